The molecule has 2 aromatic rings. The first-order chi connectivity index (χ1) is 13.4. The Balaban J connectivity index is 1.66. The van der Waals surface area contributed by atoms with Crippen molar-refractivity contribution in [2.24, 2.45) is 5.41 Å². The highest BCUT2D eigenvalue weighted by molar-refractivity contribution is 5.76. The average molecular weight is 383 g/mol. The Morgan fingerprint density at radius 1 is 0.964 bits per heavy atom. The topological polar surface area (TPSA) is 98.1 Å². The molecule has 1 saturated heterocycles. The summed E-state index contributed by atoms with van der Waals surface area (Å²) >= 11 is 0. The summed E-state index contributed by atoms with van der Waals surface area (Å²) in [6.07, 6.45) is -0.300. The summed E-state index contributed by atoms with van der Waals surface area (Å²) in [6.45, 7) is 1.45. The number of rotatable bonds is 7. The van der Waals surface area contributed by atoms with Gasteiger partial charge in [0.2, 0.25) is 0 Å². The van der Waals surface area contributed by atoms with Crippen molar-refractivity contribution >= 4 is 11.9 Å². The van der Waals surface area contributed by atoms with Crippen LogP contribution >= 0.6 is 0 Å². The lowest BCUT2D eigenvalue weighted by Gasteiger charge is -2.43. The van der Waals surface area contributed by atoms with Gasteiger partial charge in [-0.05, 0) is 36.1 Å². The third-order valence-electron chi connectivity index (χ3n) is 5.52. The van der Waals surface area contributed by atoms with Crippen LogP contribution in [0.15, 0.2) is 54.6 Å². The van der Waals surface area contributed by atoms with Crippen LogP contribution in [-0.2, 0) is 29.0 Å². The molecule has 0 aromatic heterocycles. The molecule has 6 nitrogen and oxygen atoms in total. The molecule has 1 fully saturated rings. The number of β-amino-alcohol motifs (C(OH)–C–C–N with tert-alkyl or cyclic N) is 1. The number of aliphatic hydroxyl groups is 1. The van der Waals surface area contributed by atoms with Crippen LogP contribution in [0.2, 0.25) is 0 Å². The molecule has 0 spiro atoms. The fourth-order valence-corrected chi connectivity index (χ4v) is 3.87. The van der Waals surface area contributed by atoms with Crippen molar-refractivity contribution in [2.45, 2.75) is 31.9 Å². The number of likely N-dealkylation sites (tertiary alicyclic amines) is 1. The van der Waals surface area contributed by atoms with E-state index in [1.165, 1.54) is 0 Å². The standard InChI is InChI=1S/C22H25NO5/c24-19-15-23(14-18-8-6-16(7-9-18)12-20(25)26)11-10-22(19,21(27)28)13-17-4-2-1-3-5-17/h1-9,19,24H,10-15H2,(H,25,26)(H,27,28)/t19-,22+/m0/s1. The van der Waals surface area contributed by atoms with E-state index in [1.807, 2.05) is 47.4 Å². The summed E-state index contributed by atoms with van der Waals surface area (Å²) in [5.74, 6) is -1.82. The first-order valence-corrected chi connectivity index (χ1v) is 9.36. The van der Waals surface area contributed by atoms with Crippen LogP contribution in [0.4, 0.5) is 0 Å². The van der Waals surface area contributed by atoms with Gasteiger partial charge >= 0.3 is 11.9 Å². The molecule has 2 atom stereocenters. The van der Waals surface area contributed by atoms with Gasteiger partial charge in [-0.25, -0.2) is 0 Å². The van der Waals surface area contributed by atoms with Gasteiger partial charge in [0.15, 0.2) is 0 Å². The zero-order chi connectivity index (χ0) is 20.1. The zero-order valence-electron chi connectivity index (χ0n) is 15.6. The Hall–Kier alpha value is -2.70. The van der Waals surface area contributed by atoms with E-state index in [-0.39, 0.29) is 13.0 Å². The highest BCUT2D eigenvalue weighted by atomic mass is 16.4. The van der Waals surface area contributed by atoms with Gasteiger partial charge in [-0.3, -0.25) is 14.5 Å². The summed E-state index contributed by atoms with van der Waals surface area (Å²) in [5.41, 5.74) is 1.48. The van der Waals surface area contributed by atoms with Gasteiger partial charge in [0.25, 0.3) is 0 Å². The molecule has 3 N–H and O–H groups in total. The van der Waals surface area contributed by atoms with Crippen LogP contribution in [-0.4, -0.2) is 51.4 Å². The Morgan fingerprint density at radius 2 is 1.61 bits per heavy atom. The summed E-state index contributed by atoms with van der Waals surface area (Å²) in [5, 5.41) is 29.5. The van der Waals surface area contributed by atoms with E-state index >= 15 is 0 Å². The number of hydrogen-bond acceptors (Lipinski definition) is 4. The molecular weight excluding hydrogens is 358 g/mol. The minimum atomic E-state index is -1.18. The summed E-state index contributed by atoms with van der Waals surface area (Å²) in [4.78, 5) is 24.9. The van der Waals surface area contributed by atoms with E-state index in [2.05, 4.69) is 0 Å². The predicted molar refractivity (Wildman–Crippen MR) is 104 cm³/mol. The highest BCUT2D eigenvalue weighted by Crippen LogP contribution is 2.36. The van der Waals surface area contributed by atoms with Crippen LogP contribution in [0.25, 0.3) is 0 Å². The fourth-order valence-electron chi connectivity index (χ4n) is 3.87. The van der Waals surface area contributed by atoms with Gasteiger partial charge in [0.1, 0.15) is 5.41 Å². The predicted octanol–water partition coefficient (Wildman–Crippen LogP) is 2.19. The summed E-state index contributed by atoms with van der Waals surface area (Å²) < 4.78 is 0. The van der Waals surface area contributed by atoms with Crippen molar-refractivity contribution in [1.82, 2.24) is 4.90 Å². The molecule has 0 saturated carbocycles. The molecule has 0 bridgehead atoms. The highest BCUT2D eigenvalue weighted by Gasteiger charge is 2.48. The Kier molecular flexibility index (Phi) is 6.11. The van der Waals surface area contributed by atoms with Crippen LogP contribution in [0.5, 0.6) is 0 Å². The molecule has 0 unspecified atom stereocenters. The van der Waals surface area contributed by atoms with Crippen molar-refractivity contribution in [3.05, 3.63) is 71.3 Å². The third kappa shape index (κ3) is 4.58. The maximum Gasteiger partial charge on any atom is 0.312 e. The minimum absolute atomic E-state index is 0.0106. The number of benzene rings is 2. The lowest BCUT2D eigenvalue weighted by molar-refractivity contribution is -0.163. The molecule has 3 rings (SSSR count). The van der Waals surface area contributed by atoms with Gasteiger partial charge in [-0.2, -0.15) is 0 Å². The molecule has 0 aliphatic carbocycles. The van der Waals surface area contributed by atoms with E-state index < -0.39 is 23.5 Å². The van der Waals surface area contributed by atoms with E-state index in [0.29, 0.717) is 25.9 Å². The maximum absolute atomic E-state index is 12.1. The molecule has 1 heterocycles. The third-order valence-corrected chi connectivity index (χ3v) is 5.52. The van der Waals surface area contributed by atoms with Crippen LogP contribution < -0.4 is 0 Å². The quantitative estimate of drug-likeness (QED) is 0.678. The molecular formula is C22H25NO5. The SMILES string of the molecule is O=C(O)Cc1ccc(CN2CC[C@](Cc3ccccc3)(C(=O)O)[C@@H](O)C2)cc1. The second-order valence-corrected chi connectivity index (χ2v) is 7.51. The molecule has 1 aliphatic rings. The van der Waals surface area contributed by atoms with Crippen molar-refractivity contribution < 1.29 is 24.9 Å². The van der Waals surface area contributed by atoms with Gasteiger partial charge in [-0.1, -0.05) is 54.6 Å². The number of carboxylic acid groups (broad SMARTS) is 2. The Bertz CT molecular complexity index is 821. The number of carbonyl (C=O) groups is 2. The molecule has 0 radical (unpaired) electrons. The van der Waals surface area contributed by atoms with E-state index in [9.17, 15) is 19.8 Å². The number of aliphatic carboxylic acids is 2. The van der Waals surface area contributed by atoms with Crippen molar-refractivity contribution in [1.29, 1.82) is 0 Å². The Labute approximate surface area is 164 Å². The lowest BCUT2D eigenvalue weighted by atomic mass is 9.71. The summed E-state index contributed by atoms with van der Waals surface area (Å²) in [7, 11) is 0. The number of carboxylic acids is 2. The Morgan fingerprint density at radius 3 is 2.18 bits per heavy atom. The smallest absolute Gasteiger partial charge is 0.312 e. The van der Waals surface area contributed by atoms with Crippen molar-refractivity contribution in [3.63, 3.8) is 0 Å². The van der Waals surface area contributed by atoms with E-state index in [4.69, 9.17) is 5.11 Å². The second-order valence-electron chi connectivity index (χ2n) is 7.51. The first-order valence-electron chi connectivity index (χ1n) is 9.36. The number of piperidine rings is 1. The van der Waals surface area contributed by atoms with Crippen molar-refractivity contribution in [3.8, 4) is 0 Å². The number of hydrogen-bond donors (Lipinski definition) is 3. The van der Waals surface area contributed by atoms with Gasteiger partial charge < -0.3 is 15.3 Å². The zero-order valence-corrected chi connectivity index (χ0v) is 15.6. The van der Waals surface area contributed by atoms with E-state index in [0.717, 1.165) is 16.7 Å². The summed E-state index contributed by atoms with van der Waals surface area (Å²) in [6, 6.07) is 16.8. The molecule has 28 heavy (non-hydrogen) atoms. The maximum atomic E-state index is 12.1. The molecule has 2 aromatic carbocycles. The first kappa shape index (κ1) is 20.0. The lowest BCUT2D eigenvalue weighted by Crippen LogP contribution is -2.55. The van der Waals surface area contributed by atoms with Crippen LogP contribution in [0.3, 0.4) is 0 Å². The normalized spacial score (nSPS) is 22.7. The minimum Gasteiger partial charge on any atom is -0.481 e. The van der Waals surface area contributed by atoms with Crippen LogP contribution in [0.1, 0.15) is 23.1 Å². The van der Waals surface area contributed by atoms with Gasteiger partial charge in [0, 0.05) is 13.1 Å². The van der Waals surface area contributed by atoms with Crippen molar-refractivity contribution in [2.75, 3.05) is 13.1 Å². The van der Waals surface area contributed by atoms with Crippen LogP contribution in [0, 0.1) is 5.41 Å². The molecule has 6 heteroatoms. The molecule has 148 valence electrons. The molecule has 1 aliphatic heterocycles. The largest absolute Gasteiger partial charge is 0.481 e. The number of aliphatic hydroxyl groups excluding tert-OH is 1. The average Bonchev–Trinajstić information content (AvgIpc) is 2.66. The fraction of sp³-hybridized carbons (Fsp3) is 0.364. The number of nitrogens with zero attached hydrogens (tertiary/aromatic N) is 1. The van der Waals surface area contributed by atoms with Gasteiger partial charge in [-0.15, -0.1) is 0 Å². The van der Waals surface area contributed by atoms with E-state index in [1.54, 1.807) is 12.1 Å². The second kappa shape index (κ2) is 8.54. The monoisotopic (exact) mass is 383 g/mol. The van der Waals surface area contributed by atoms with Gasteiger partial charge in [0.05, 0.1) is 12.5 Å². The molecule has 0 amide bonds.